The molecule has 0 atom stereocenters. The van der Waals surface area contributed by atoms with E-state index < -0.39 is 0 Å². The molecule has 0 aromatic carbocycles. The average molecular weight is 226 g/mol. The average Bonchev–Trinajstić information content (AvgIpc) is 2.29. The summed E-state index contributed by atoms with van der Waals surface area (Å²) in [4.78, 5) is 17.8. The van der Waals surface area contributed by atoms with Crippen molar-refractivity contribution in [3.05, 3.63) is 16.7 Å². The first-order valence-corrected chi connectivity index (χ1v) is 5.35. The maximum Gasteiger partial charge on any atom is 0.295 e. The summed E-state index contributed by atoms with van der Waals surface area (Å²) in [7, 11) is 1.45. The molecule has 0 aliphatic heterocycles. The lowest BCUT2D eigenvalue weighted by Crippen LogP contribution is -2.19. The molecule has 1 aromatic rings. The van der Waals surface area contributed by atoms with Crippen molar-refractivity contribution in [1.82, 2.24) is 15.3 Å². The highest BCUT2D eigenvalue weighted by molar-refractivity contribution is 5.47. The molecule has 0 fully saturated rings. The van der Waals surface area contributed by atoms with Crippen LogP contribution in [0.5, 0.6) is 5.75 Å². The lowest BCUT2D eigenvalue weighted by molar-refractivity contribution is 0.408. The van der Waals surface area contributed by atoms with Crippen molar-refractivity contribution in [2.75, 3.05) is 32.1 Å². The first kappa shape index (κ1) is 12.5. The number of ether oxygens (including phenoxy) is 1. The number of H-pyrrole nitrogens is 1. The van der Waals surface area contributed by atoms with Crippen molar-refractivity contribution in [2.45, 2.75) is 13.3 Å². The molecule has 6 nitrogen and oxygen atoms in total. The standard InChI is InChI=1S/C10H18N4O2/c1-3-11-5-4-6-12-9-8(16-2)10(15)14-7-13-9/h7,11H,3-6H2,1-2H3,(H2,12,13,14,15). The largest absolute Gasteiger partial charge is 0.489 e. The van der Waals surface area contributed by atoms with Crippen LogP contribution < -0.4 is 20.9 Å². The number of hydrogen-bond acceptors (Lipinski definition) is 5. The molecule has 3 N–H and O–H groups in total. The number of rotatable bonds is 7. The second kappa shape index (κ2) is 6.84. The van der Waals surface area contributed by atoms with Crippen molar-refractivity contribution in [3.63, 3.8) is 0 Å². The Balaban J connectivity index is 2.47. The second-order valence-electron chi connectivity index (χ2n) is 3.25. The van der Waals surface area contributed by atoms with E-state index in [9.17, 15) is 4.79 Å². The normalized spacial score (nSPS) is 10.1. The van der Waals surface area contributed by atoms with Gasteiger partial charge in [0.25, 0.3) is 5.56 Å². The first-order chi connectivity index (χ1) is 7.79. The zero-order chi connectivity index (χ0) is 11.8. The number of anilines is 1. The Morgan fingerprint density at radius 3 is 3.00 bits per heavy atom. The number of aromatic amines is 1. The minimum atomic E-state index is -0.272. The summed E-state index contributed by atoms with van der Waals surface area (Å²) in [6.07, 6.45) is 2.32. The summed E-state index contributed by atoms with van der Waals surface area (Å²) in [5.74, 6) is 0.716. The van der Waals surface area contributed by atoms with Gasteiger partial charge < -0.3 is 20.4 Å². The lowest BCUT2D eigenvalue weighted by Gasteiger charge is -2.08. The van der Waals surface area contributed by atoms with Gasteiger partial charge in [-0.15, -0.1) is 0 Å². The Labute approximate surface area is 94.4 Å². The molecule has 0 amide bonds. The molecule has 0 aliphatic rings. The van der Waals surface area contributed by atoms with Gasteiger partial charge in [0.1, 0.15) is 0 Å². The molecule has 6 heteroatoms. The number of aromatic nitrogens is 2. The highest BCUT2D eigenvalue weighted by Gasteiger charge is 2.07. The first-order valence-electron chi connectivity index (χ1n) is 5.35. The van der Waals surface area contributed by atoms with Crippen molar-refractivity contribution < 1.29 is 4.74 Å². The van der Waals surface area contributed by atoms with E-state index in [-0.39, 0.29) is 11.3 Å². The highest BCUT2D eigenvalue weighted by atomic mass is 16.5. The third-order valence-electron chi connectivity index (χ3n) is 2.09. The van der Waals surface area contributed by atoms with Gasteiger partial charge in [-0.05, 0) is 19.5 Å². The van der Waals surface area contributed by atoms with Gasteiger partial charge in [-0.2, -0.15) is 0 Å². The molecule has 0 saturated carbocycles. The van der Waals surface area contributed by atoms with Crippen molar-refractivity contribution in [3.8, 4) is 5.75 Å². The molecule has 0 aliphatic carbocycles. The van der Waals surface area contributed by atoms with Crippen LogP contribution in [0.4, 0.5) is 5.82 Å². The zero-order valence-corrected chi connectivity index (χ0v) is 9.67. The summed E-state index contributed by atoms with van der Waals surface area (Å²) < 4.78 is 4.97. The molecule has 1 aromatic heterocycles. The predicted octanol–water partition coefficient (Wildman–Crippen LogP) is 0.190. The van der Waals surface area contributed by atoms with Gasteiger partial charge in [-0.3, -0.25) is 4.79 Å². The fourth-order valence-corrected chi connectivity index (χ4v) is 1.30. The van der Waals surface area contributed by atoms with E-state index in [1.54, 1.807) is 0 Å². The third-order valence-corrected chi connectivity index (χ3v) is 2.09. The number of nitrogens with zero attached hydrogens (tertiary/aromatic N) is 1. The molecule has 0 unspecified atom stereocenters. The summed E-state index contributed by atoms with van der Waals surface area (Å²) in [6.45, 7) is 4.72. The third kappa shape index (κ3) is 3.54. The van der Waals surface area contributed by atoms with Gasteiger partial charge in [0.2, 0.25) is 5.75 Å². The Morgan fingerprint density at radius 1 is 1.50 bits per heavy atom. The molecule has 90 valence electrons. The van der Waals surface area contributed by atoms with E-state index in [0.717, 1.165) is 26.1 Å². The van der Waals surface area contributed by atoms with E-state index in [0.29, 0.717) is 5.82 Å². The summed E-state index contributed by atoms with van der Waals surface area (Å²) in [5, 5.41) is 6.28. The van der Waals surface area contributed by atoms with Crippen LogP contribution in [0, 0.1) is 0 Å². The molecule has 0 spiro atoms. The van der Waals surface area contributed by atoms with Crippen molar-refractivity contribution >= 4 is 5.82 Å². The fourth-order valence-electron chi connectivity index (χ4n) is 1.30. The Kier molecular flexibility index (Phi) is 5.35. The minimum Gasteiger partial charge on any atom is -0.489 e. The summed E-state index contributed by atoms with van der Waals surface area (Å²) in [5.41, 5.74) is -0.272. The summed E-state index contributed by atoms with van der Waals surface area (Å²) in [6, 6.07) is 0. The Bertz CT molecular complexity index is 364. The van der Waals surface area contributed by atoms with Crippen LogP contribution in [0.2, 0.25) is 0 Å². The highest BCUT2D eigenvalue weighted by Crippen LogP contribution is 2.13. The van der Waals surface area contributed by atoms with Gasteiger partial charge in [0.05, 0.1) is 13.4 Å². The van der Waals surface area contributed by atoms with E-state index in [1.165, 1.54) is 13.4 Å². The van der Waals surface area contributed by atoms with E-state index in [4.69, 9.17) is 4.74 Å². The quantitative estimate of drug-likeness (QED) is 0.578. The van der Waals surface area contributed by atoms with E-state index in [1.807, 2.05) is 0 Å². The van der Waals surface area contributed by atoms with Crippen molar-refractivity contribution in [1.29, 1.82) is 0 Å². The van der Waals surface area contributed by atoms with Crippen LogP contribution in [0.25, 0.3) is 0 Å². The molecule has 1 heterocycles. The maximum atomic E-state index is 11.3. The Hall–Kier alpha value is -1.56. The molecule has 1 rings (SSSR count). The van der Waals surface area contributed by atoms with Crippen molar-refractivity contribution in [2.24, 2.45) is 0 Å². The molecule has 0 saturated heterocycles. The number of methoxy groups -OCH3 is 1. The Morgan fingerprint density at radius 2 is 2.31 bits per heavy atom. The van der Waals surface area contributed by atoms with Crippen LogP contribution in [-0.4, -0.2) is 36.7 Å². The predicted molar refractivity (Wildman–Crippen MR) is 63.1 cm³/mol. The van der Waals surface area contributed by atoms with E-state index >= 15 is 0 Å². The van der Waals surface area contributed by atoms with Gasteiger partial charge in [0.15, 0.2) is 5.82 Å². The molecular weight excluding hydrogens is 208 g/mol. The van der Waals surface area contributed by atoms with Crippen LogP contribution in [-0.2, 0) is 0 Å². The number of nitrogens with one attached hydrogen (secondary N) is 3. The topological polar surface area (TPSA) is 79.0 Å². The van der Waals surface area contributed by atoms with Crippen LogP contribution in [0.3, 0.4) is 0 Å². The van der Waals surface area contributed by atoms with Gasteiger partial charge in [-0.25, -0.2) is 4.98 Å². The SMILES string of the molecule is CCNCCCNc1nc[nH]c(=O)c1OC. The van der Waals surface area contributed by atoms with Crippen LogP contribution in [0.1, 0.15) is 13.3 Å². The molecule has 0 radical (unpaired) electrons. The van der Waals surface area contributed by atoms with E-state index in [2.05, 4.69) is 27.5 Å². The second-order valence-corrected chi connectivity index (χ2v) is 3.25. The summed E-state index contributed by atoms with van der Waals surface area (Å²) >= 11 is 0. The number of hydrogen-bond donors (Lipinski definition) is 3. The van der Waals surface area contributed by atoms with Gasteiger partial charge >= 0.3 is 0 Å². The van der Waals surface area contributed by atoms with Crippen LogP contribution in [0.15, 0.2) is 11.1 Å². The zero-order valence-electron chi connectivity index (χ0n) is 9.67. The van der Waals surface area contributed by atoms with Gasteiger partial charge in [0, 0.05) is 6.54 Å². The fraction of sp³-hybridized carbons (Fsp3) is 0.600. The van der Waals surface area contributed by atoms with Crippen LogP contribution >= 0.6 is 0 Å². The van der Waals surface area contributed by atoms with Gasteiger partial charge in [-0.1, -0.05) is 6.92 Å². The smallest absolute Gasteiger partial charge is 0.295 e. The monoisotopic (exact) mass is 226 g/mol. The maximum absolute atomic E-state index is 11.3. The minimum absolute atomic E-state index is 0.228. The molecule has 0 bridgehead atoms. The molecule has 16 heavy (non-hydrogen) atoms. The lowest BCUT2D eigenvalue weighted by atomic mass is 10.4. The molecular formula is C10H18N4O2.